The van der Waals surface area contributed by atoms with Crippen molar-refractivity contribution < 1.29 is 17.9 Å². The number of aromatic nitrogens is 2. The number of likely N-dealkylation sites (N-methyl/N-ethyl adjacent to an activating group) is 1. The maximum Gasteiger partial charge on any atom is 0.242 e. The van der Waals surface area contributed by atoms with Crippen molar-refractivity contribution in [3.8, 4) is 5.88 Å². The maximum atomic E-state index is 12.5. The van der Waals surface area contributed by atoms with E-state index in [0.717, 1.165) is 21.3 Å². The zero-order valence-electron chi connectivity index (χ0n) is 14.4. The summed E-state index contributed by atoms with van der Waals surface area (Å²) < 4.78 is 29.3. The normalized spacial score (nSPS) is 16.7. The van der Waals surface area contributed by atoms with E-state index in [1.807, 2.05) is 6.26 Å². The summed E-state index contributed by atoms with van der Waals surface area (Å²) in [7, 11) is -0.490. The molecular formula is C14H20N4O4S3. The van der Waals surface area contributed by atoms with E-state index in [4.69, 9.17) is 4.74 Å². The molecule has 0 aromatic carbocycles. The molecule has 1 aliphatic heterocycles. The van der Waals surface area contributed by atoms with Crippen LogP contribution in [0.4, 0.5) is 0 Å². The SMILES string of the molecule is COc1nc(SC)ncc1/C=C1/SCCN1C(=O)CN(C)S(C)(=O)=O. The number of amides is 1. The predicted octanol–water partition coefficient (Wildman–Crippen LogP) is 0.972. The van der Waals surface area contributed by atoms with E-state index < -0.39 is 10.0 Å². The number of nitrogens with zero attached hydrogens (tertiary/aromatic N) is 4. The number of hydrogen-bond donors (Lipinski definition) is 0. The molecule has 2 rings (SSSR count). The zero-order valence-corrected chi connectivity index (χ0v) is 16.9. The van der Waals surface area contributed by atoms with Gasteiger partial charge in [0.25, 0.3) is 0 Å². The Morgan fingerprint density at radius 1 is 1.56 bits per heavy atom. The Kier molecular flexibility index (Phi) is 6.72. The molecule has 1 saturated heterocycles. The molecule has 0 unspecified atom stereocenters. The van der Waals surface area contributed by atoms with Crippen LogP contribution >= 0.6 is 23.5 Å². The zero-order chi connectivity index (χ0) is 18.6. The first kappa shape index (κ1) is 20.0. The van der Waals surface area contributed by atoms with Gasteiger partial charge in [-0.25, -0.2) is 13.4 Å². The Morgan fingerprint density at radius 3 is 2.88 bits per heavy atom. The Hall–Kier alpha value is -1.30. The van der Waals surface area contributed by atoms with Gasteiger partial charge in [0.1, 0.15) is 0 Å². The van der Waals surface area contributed by atoms with Gasteiger partial charge < -0.3 is 9.64 Å². The summed E-state index contributed by atoms with van der Waals surface area (Å²) in [6.07, 6.45) is 6.39. The van der Waals surface area contributed by atoms with Crippen molar-refractivity contribution >= 4 is 45.5 Å². The van der Waals surface area contributed by atoms with Crippen molar-refractivity contribution in [2.75, 3.05) is 45.5 Å². The molecule has 138 valence electrons. The summed E-state index contributed by atoms with van der Waals surface area (Å²) in [5.74, 6) is 0.900. The van der Waals surface area contributed by atoms with Crippen LogP contribution in [0, 0.1) is 0 Å². The number of thioether (sulfide) groups is 2. The Morgan fingerprint density at radius 2 is 2.28 bits per heavy atom. The number of sulfonamides is 1. The first-order valence-electron chi connectivity index (χ1n) is 7.27. The fourth-order valence-corrected chi connectivity index (χ4v) is 3.76. The molecule has 0 N–H and O–H groups in total. The van der Waals surface area contributed by atoms with Gasteiger partial charge in [0, 0.05) is 25.5 Å². The van der Waals surface area contributed by atoms with Gasteiger partial charge in [-0.3, -0.25) is 4.79 Å². The lowest BCUT2D eigenvalue weighted by molar-refractivity contribution is -0.128. The topological polar surface area (TPSA) is 92.7 Å². The number of rotatable bonds is 6. The summed E-state index contributed by atoms with van der Waals surface area (Å²) in [5, 5.41) is 1.33. The van der Waals surface area contributed by atoms with Crippen molar-refractivity contribution in [3.63, 3.8) is 0 Å². The molecule has 2 heterocycles. The summed E-state index contributed by atoms with van der Waals surface area (Å²) in [6.45, 7) is 0.328. The largest absolute Gasteiger partial charge is 0.480 e. The highest BCUT2D eigenvalue weighted by molar-refractivity contribution is 8.03. The van der Waals surface area contributed by atoms with Crippen LogP contribution in [0.3, 0.4) is 0 Å². The highest BCUT2D eigenvalue weighted by Gasteiger charge is 2.27. The van der Waals surface area contributed by atoms with E-state index >= 15 is 0 Å². The second-order valence-electron chi connectivity index (χ2n) is 5.22. The third-order valence-electron chi connectivity index (χ3n) is 3.47. The van der Waals surface area contributed by atoms with Gasteiger partial charge >= 0.3 is 0 Å². The van der Waals surface area contributed by atoms with Crippen LogP contribution in [-0.4, -0.2) is 79.0 Å². The third-order valence-corrected chi connectivity index (χ3v) is 6.31. The molecule has 0 aliphatic carbocycles. The Labute approximate surface area is 156 Å². The highest BCUT2D eigenvalue weighted by Crippen LogP contribution is 2.32. The van der Waals surface area contributed by atoms with Crippen LogP contribution in [-0.2, 0) is 14.8 Å². The average molecular weight is 405 g/mol. The van der Waals surface area contributed by atoms with E-state index in [2.05, 4.69) is 9.97 Å². The van der Waals surface area contributed by atoms with Gasteiger partial charge in [-0.1, -0.05) is 11.8 Å². The van der Waals surface area contributed by atoms with Crippen LogP contribution in [0.1, 0.15) is 5.56 Å². The Balaban J connectivity index is 2.23. The van der Waals surface area contributed by atoms with Crippen molar-refractivity contribution in [1.82, 2.24) is 19.2 Å². The van der Waals surface area contributed by atoms with Crippen LogP contribution in [0.5, 0.6) is 5.88 Å². The maximum absolute atomic E-state index is 12.5. The van der Waals surface area contributed by atoms with Crippen LogP contribution in [0.15, 0.2) is 16.4 Å². The first-order chi connectivity index (χ1) is 11.8. The number of methoxy groups -OCH3 is 1. The minimum absolute atomic E-state index is 0.199. The lowest BCUT2D eigenvalue weighted by atomic mass is 10.3. The predicted molar refractivity (Wildman–Crippen MR) is 100.0 cm³/mol. The molecule has 1 aliphatic rings. The van der Waals surface area contributed by atoms with Gasteiger partial charge in [-0.15, -0.1) is 11.8 Å². The number of carbonyl (C=O) groups is 1. The molecule has 8 nitrogen and oxygen atoms in total. The van der Waals surface area contributed by atoms with E-state index in [0.29, 0.717) is 23.1 Å². The minimum Gasteiger partial charge on any atom is -0.480 e. The molecule has 0 spiro atoms. The molecule has 1 aromatic heterocycles. The van der Waals surface area contributed by atoms with Gasteiger partial charge in [-0.05, 0) is 12.3 Å². The van der Waals surface area contributed by atoms with Crippen molar-refractivity contribution in [1.29, 1.82) is 0 Å². The monoisotopic (exact) mass is 404 g/mol. The van der Waals surface area contributed by atoms with Gasteiger partial charge in [0.15, 0.2) is 5.16 Å². The van der Waals surface area contributed by atoms with Crippen LogP contribution < -0.4 is 4.74 Å². The van der Waals surface area contributed by atoms with Gasteiger partial charge in [0.05, 0.1) is 30.5 Å². The number of ether oxygens (including phenoxy) is 1. The lowest BCUT2D eigenvalue weighted by Crippen LogP contribution is -2.38. The fraction of sp³-hybridized carbons (Fsp3) is 0.500. The lowest BCUT2D eigenvalue weighted by Gasteiger charge is -2.20. The summed E-state index contributed by atoms with van der Waals surface area (Å²) in [4.78, 5) is 22.5. The second-order valence-corrected chi connectivity index (χ2v) is 9.19. The molecule has 1 amide bonds. The van der Waals surface area contributed by atoms with Crippen LogP contribution in [0.2, 0.25) is 0 Å². The molecule has 1 fully saturated rings. The van der Waals surface area contributed by atoms with Crippen molar-refractivity contribution in [3.05, 3.63) is 16.8 Å². The van der Waals surface area contributed by atoms with E-state index in [-0.39, 0.29) is 12.5 Å². The summed E-state index contributed by atoms with van der Waals surface area (Å²) in [6, 6.07) is 0. The fourth-order valence-electron chi connectivity index (χ4n) is 2.04. The van der Waals surface area contributed by atoms with Crippen molar-refractivity contribution in [2.24, 2.45) is 0 Å². The number of hydrogen-bond acceptors (Lipinski definition) is 8. The van der Waals surface area contributed by atoms with Gasteiger partial charge in [-0.2, -0.15) is 9.29 Å². The highest BCUT2D eigenvalue weighted by atomic mass is 32.2. The molecule has 25 heavy (non-hydrogen) atoms. The standard InChI is InChI=1S/C14H20N4O4S3/c1-17(25(4,20)21)9-11(19)18-5-6-24-12(18)7-10-8-15-14(23-3)16-13(10)22-2/h7-8H,5-6,9H2,1-4H3/b12-7+. The van der Waals surface area contributed by atoms with E-state index in [1.54, 1.807) is 17.2 Å². The second kappa shape index (κ2) is 8.39. The molecule has 1 aromatic rings. The molecular weight excluding hydrogens is 384 g/mol. The van der Waals surface area contributed by atoms with E-state index in [9.17, 15) is 13.2 Å². The Bertz CT molecular complexity index is 782. The third kappa shape index (κ3) is 5.09. The first-order valence-corrected chi connectivity index (χ1v) is 11.3. The molecule has 0 bridgehead atoms. The van der Waals surface area contributed by atoms with Gasteiger partial charge in [0.2, 0.25) is 21.8 Å². The smallest absolute Gasteiger partial charge is 0.242 e. The van der Waals surface area contributed by atoms with Crippen LogP contribution in [0.25, 0.3) is 6.08 Å². The number of carbonyl (C=O) groups excluding carboxylic acids is 1. The summed E-state index contributed by atoms with van der Waals surface area (Å²) >= 11 is 2.93. The quantitative estimate of drug-likeness (QED) is 0.512. The molecule has 11 heteroatoms. The molecule has 0 atom stereocenters. The summed E-state index contributed by atoms with van der Waals surface area (Å²) in [5.41, 5.74) is 0.666. The molecule has 0 radical (unpaired) electrons. The average Bonchev–Trinajstić information content (AvgIpc) is 3.02. The minimum atomic E-state index is -3.40. The molecule has 0 saturated carbocycles. The van der Waals surface area contributed by atoms with E-state index in [1.165, 1.54) is 37.7 Å². The van der Waals surface area contributed by atoms with Crippen molar-refractivity contribution in [2.45, 2.75) is 5.16 Å².